The first kappa shape index (κ1) is 21.6. The second-order valence-electron chi connectivity index (χ2n) is 6.58. The SMILES string of the molecule is CS(=O)(=O)N(CC(=O)NCCCSC1CCCCC1)c1ccc(Br)cc1. The van der Waals surface area contributed by atoms with E-state index in [1.165, 1.54) is 32.1 Å². The number of sulfonamides is 1. The number of nitrogens with one attached hydrogen (secondary N) is 1. The summed E-state index contributed by atoms with van der Waals surface area (Å²) in [7, 11) is -3.52. The van der Waals surface area contributed by atoms with Crippen LogP contribution in [0, 0.1) is 0 Å². The molecule has 1 saturated carbocycles. The topological polar surface area (TPSA) is 66.5 Å². The van der Waals surface area contributed by atoms with E-state index in [2.05, 4.69) is 21.2 Å². The third-order valence-electron chi connectivity index (χ3n) is 4.35. The Balaban J connectivity index is 1.75. The molecule has 5 nitrogen and oxygen atoms in total. The minimum Gasteiger partial charge on any atom is -0.354 e. The van der Waals surface area contributed by atoms with Crippen molar-refractivity contribution in [2.45, 2.75) is 43.8 Å². The van der Waals surface area contributed by atoms with Gasteiger partial charge in [-0.05, 0) is 49.3 Å². The number of carbonyl (C=O) groups excluding carboxylic acids is 1. The number of nitrogens with zero attached hydrogens (tertiary/aromatic N) is 1. The van der Waals surface area contributed by atoms with Crippen molar-refractivity contribution in [2.75, 3.05) is 29.4 Å². The lowest BCUT2D eigenvalue weighted by Crippen LogP contribution is -2.40. The maximum absolute atomic E-state index is 12.2. The Labute approximate surface area is 169 Å². The normalized spacial score (nSPS) is 15.6. The molecule has 1 aromatic carbocycles. The first-order valence-electron chi connectivity index (χ1n) is 8.98. The molecule has 1 N–H and O–H groups in total. The van der Waals surface area contributed by atoms with Gasteiger partial charge in [-0.25, -0.2) is 8.42 Å². The number of rotatable bonds is 9. The van der Waals surface area contributed by atoms with Crippen molar-refractivity contribution in [3.8, 4) is 0 Å². The standard InChI is InChI=1S/C18H27BrN2O3S2/c1-26(23,24)21(16-10-8-15(19)9-11-16)14-18(22)20-12-5-13-25-17-6-3-2-4-7-17/h8-11,17H,2-7,12-14H2,1H3,(H,20,22). The molecule has 0 heterocycles. The molecule has 1 aromatic rings. The molecular formula is C18H27BrN2O3S2. The van der Waals surface area contributed by atoms with Gasteiger partial charge in [0.25, 0.3) is 0 Å². The fourth-order valence-corrected chi connectivity index (χ4v) is 5.41. The molecule has 0 aliphatic heterocycles. The highest BCUT2D eigenvalue weighted by Crippen LogP contribution is 2.28. The van der Waals surface area contributed by atoms with E-state index in [4.69, 9.17) is 0 Å². The van der Waals surface area contributed by atoms with E-state index < -0.39 is 10.0 Å². The van der Waals surface area contributed by atoms with Crippen LogP contribution in [-0.2, 0) is 14.8 Å². The summed E-state index contributed by atoms with van der Waals surface area (Å²) in [5.74, 6) is 0.758. The molecule has 26 heavy (non-hydrogen) atoms. The molecule has 0 spiro atoms. The number of halogens is 1. The van der Waals surface area contributed by atoms with Crippen LogP contribution in [-0.4, -0.2) is 44.7 Å². The van der Waals surface area contributed by atoms with E-state index in [-0.39, 0.29) is 12.5 Å². The number of thioether (sulfide) groups is 1. The van der Waals surface area contributed by atoms with Crippen LogP contribution in [0.4, 0.5) is 5.69 Å². The molecule has 8 heteroatoms. The molecule has 0 atom stereocenters. The Kier molecular flexibility index (Phi) is 8.76. The van der Waals surface area contributed by atoms with Crippen molar-refractivity contribution in [2.24, 2.45) is 0 Å². The first-order chi connectivity index (χ1) is 12.4. The predicted octanol–water partition coefficient (Wildman–Crippen LogP) is 3.79. The van der Waals surface area contributed by atoms with E-state index in [1.807, 2.05) is 11.8 Å². The van der Waals surface area contributed by atoms with Gasteiger partial charge in [0.05, 0.1) is 11.9 Å². The fraction of sp³-hybridized carbons (Fsp3) is 0.611. The van der Waals surface area contributed by atoms with Gasteiger partial charge in [0, 0.05) is 16.3 Å². The van der Waals surface area contributed by atoms with Crippen LogP contribution in [0.15, 0.2) is 28.7 Å². The van der Waals surface area contributed by atoms with Gasteiger partial charge in [-0.3, -0.25) is 9.10 Å². The molecule has 1 aliphatic rings. The van der Waals surface area contributed by atoms with Crippen molar-refractivity contribution < 1.29 is 13.2 Å². The molecule has 2 rings (SSSR count). The number of amides is 1. The van der Waals surface area contributed by atoms with E-state index in [1.54, 1.807) is 24.3 Å². The summed E-state index contributed by atoms with van der Waals surface area (Å²) in [4.78, 5) is 12.2. The smallest absolute Gasteiger partial charge is 0.240 e. The van der Waals surface area contributed by atoms with E-state index in [0.717, 1.165) is 32.5 Å². The van der Waals surface area contributed by atoms with E-state index in [0.29, 0.717) is 12.2 Å². The summed E-state index contributed by atoms with van der Waals surface area (Å²) < 4.78 is 26.1. The van der Waals surface area contributed by atoms with Crippen molar-refractivity contribution in [3.05, 3.63) is 28.7 Å². The zero-order valence-corrected chi connectivity index (χ0v) is 18.3. The highest BCUT2D eigenvalue weighted by Gasteiger charge is 2.20. The maximum atomic E-state index is 12.2. The Morgan fingerprint density at radius 3 is 2.50 bits per heavy atom. The first-order valence-corrected chi connectivity index (χ1v) is 12.7. The van der Waals surface area contributed by atoms with Gasteiger partial charge in [-0.15, -0.1) is 0 Å². The van der Waals surface area contributed by atoms with Crippen LogP contribution < -0.4 is 9.62 Å². The van der Waals surface area contributed by atoms with Gasteiger partial charge < -0.3 is 5.32 Å². The van der Waals surface area contributed by atoms with Crippen molar-refractivity contribution in [3.63, 3.8) is 0 Å². The van der Waals surface area contributed by atoms with Gasteiger partial charge in [0.2, 0.25) is 15.9 Å². The summed E-state index contributed by atoms with van der Waals surface area (Å²) in [6.45, 7) is 0.382. The zero-order valence-electron chi connectivity index (χ0n) is 15.1. The minimum absolute atomic E-state index is 0.198. The lowest BCUT2D eigenvalue weighted by molar-refractivity contribution is -0.119. The molecule has 0 bridgehead atoms. The number of anilines is 1. The molecule has 0 saturated heterocycles. The summed E-state index contributed by atoms with van der Waals surface area (Å²) >= 11 is 5.33. The van der Waals surface area contributed by atoms with Gasteiger partial charge in [-0.2, -0.15) is 11.8 Å². The monoisotopic (exact) mass is 462 g/mol. The second-order valence-corrected chi connectivity index (χ2v) is 10.8. The molecular weight excluding hydrogens is 436 g/mol. The van der Waals surface area contributed by atoms with Crippen LogP contribution in [0.1, 0.15) is 38.5 Å². The van der Waals surface area contributed by atoms with E-state index in [9.17, 15) is 13.2 Å². The van der Waals surface area contributed by atoms with Crippen LogP contribution >= 0.6 is 27.7 Å². The Hall–Kier alpha value is -0.730. The molecule has 1 fully saturated rings. The number of carbonyl (C=O) groups is 1. The molecule has 146 valence electrons. The van der Waals surface area contributed by atoms with Crippen molar-refractivity contribution in [1.29, 1.82) is 0 Å². The van der Waals surface area contributed by atoms with Crippen LogP contribution in [0.25, 0.3) is 0 Å². The zero-order chi connectivity index (χ0) is 19.0. The van der Waals surface area contributed by atoms with Crippen LogP contribution in [0.3, 0.4) is 0 Å². The average molecular weight is 463 g/mol. The average Bonchev–Trinajstić information content (AvgIpc) is 2.60. The number of benzene rings is 1. The fourth-order valence-electron chi connectivity index (χ4n) is 2.98. The summed E-state index contributed by atoms with van der Waals surface area (Å²) in [6.07, 6.45) is 8.69. The van der Waals surface area contributed by atoms with E-state index >= 15 is 0 Å². The summed E-state index contributed by atoms with van der Waals surface area (Å²) in [6, 6.07) is 6.88. The van der Waals surface area contributed by atoms with Gasteiger partial charge in [-0.1, -0.05) is 35.2 Å². The lowest BCUT2D eigenvalue weighted by Gasteiger charge is -2.22. The lowest BCUT2D eigenvalue weighted by atomic mass is 10.0. The minimum atomic E-state index is -3.52. The molecule has 0 unspecified atom stereocenters. The van der Waals surface area contributed by atoms with Crippen molar-refractivity contribution >= 4 is 49.3 Å². The Morgan fingerprint density at radius 1 is 1.23 bits per heavy atom. The Morgan fingerprint density at radius 2 is 1.88 bits per heavy atom. The molecule has 1 amide bonds. The highest BCUT2D eigenvalue weighted by atomic mass is 79.9. The van der Waals surface area contributed by atoms with Crippen molar-refractivity contribution in [1.82, 2.24) is 5.32 Å². The van der Waals surface area contributed by atoms with Gasteiger partial charge in [0.15, 0.2) is 0 Å². The van der Waals surface area contributed by atoms with Gasteiger partial charge >= 0.3 is 0 Å². The quantitative estimate of drug-likeness (QED) is 0.566. The summed E-state index contributed by atoms with van der Waals surface area (Å²) in [5, 5.41) is 3.61. The molecule has 0 aromatic heterocycles. The third kappa shape index (κ3) is 7.48. The Bertz CT molecular complexity index is 674. The number of hydrogen-bond donors (Lipinski definition) is 1. The van der Waals surface area contributed by atoms with Crippen LogP contribution in [0.2, 0.25) is 0 Å². The maximum Gasteiger partial charge on any atom is 0.240 e. The molecule has 0 radical (unpaired) electrons. The highest BCUT2D eigenvalue weighted by molar-refractivity contribution is 9.10. The third-order valence-corrected chi connectivity index (χ3v) is 7.49. The summed E-state index contributed by atoms with van der Waals surface area (Å²) in [5.41, 5.74) is 0.485. The number of hydrogen-bond acceptors (Lipinski definition) is 4. The second kappa shape index (κ2) is 10.6. The largest absolute Gasteiger partial charge is 0.354 e. The van der Waals surface area contributed by atoms with Gasteiger partial charge in [0.1, 0.15) is 6.54 Å². The van der Waals surface area contributed by atoms with Crippen LogP contribution in [0.5, 0.6) is 0 Å². The molecule has 1 aliphatic carbocycles. The predicted molar refractivity (Wildman–Crippen MR) is 113 cm³/mol.